The van der Waals surface area contributed by atoms with Gasteiger partial charge in [-0.05, 0) is 34.5 Å². The summed E-state index contributed by atoms with van der Waals surface area (Å²) in [5.41, 5.74) is 0. The maximum absolute atomic E-state index is 6.08. The number of nitrogens with zero attached hydrogens (tertiary/aromatic N) is 1. The summed E-state index contributed by atoms with van der Waals surface area (Å²) in [7, 11) is 0. The van der Waals surface area contributed by atoms with Gasteiger partial charge in [0.25, 0.3) is 0 Å². The third kappa shape index (κ3) is 3.84. The fourth-order valence-electron chi connectivity index (χ4n) is 1.14. The highest BCUT2D eigenvalue weighted by molar-refractivity contribution is 9.10. The molecular weight excluding hydrogens is 263 g/mol. The van der Waals surface area contributed by atoms with Crippen molar-refractivity contribution in [3.05, 3.63) is 22.8 Å². The Morgan fingerprint density at radius 2 is 2.43 bits per heavy atom. The first-order valence-corrected chi connectivity index (χ1v) is 5.95. The van der Waals surface area contributed by atoms with Crippen LogP contribution < -0.4 is 5.32 Å². The molecule has 78 valence electrons. The molecule has 0 fully saturated rings. The number of halogens is 2. The third-order valence-electron chi connectivity index (χ3n) is 1.85. The molecule has 0 aliphatic rings. The minimum absolute atomic E-state index is 0.175. The number of hydrogen-bond donors (Lipinski definition) is 1. The summed E-state index contributed by atoms with van der Waals surface area (Å²) in [6.07, 6.45) is 3.90. The van der Waals surface area contributed by atoms with Gasteiger partial charge in [0.05, 0.1) is 9.85 Å². The molecule has 1 unspecified atom stereocenters. The summed E-state index contributed by atoms with van der Waals surface area (Å²) in [4.78, 5) is 4.19. The van der Waals surface area contributed by atoms with Crippen LogP contribution in [0.2, 0.25) is 0 Å². The molecule has 0 radical (unpaired) electrons. The highest BCUT2D eigenvalue weighted by Crippen LogP contribution is 2.18. The van der Waals surface area contributed by atoms with Gasteiger partial charge in [0, 0.05) is 12.7 Å². The Balaban J connectivity index is 2.41. The largest absolute Gasteiger partial charge is 0.368 e. The average Bonchev–Trinajstić information content (AvgIpc) is 2.17. The molecule has 14 heavy (non-hydrogen) atoms. The van der Waals surface area contributed by atoms with E-state index in [-0.39, 0.29) is 5.38 Å². The van der Waals surface area contributed by atoms with Gasteiger partial charge in [0.15, 0.2) is 0 Å². The molecule has 1 aromatic heterocycles. The maximum atomic E-state index is 6.08. The maximum Gasteiger partial charge on any atom is 0.140 e. The molecule has 0 saturated heterocycles. The van der Waals surface area contributed by atoms with E-state index < -0.39 is 0 Å². The number of aromatic nitrogens is 1. The molecule has 1 N–H and O–H groups in total. The Morgan fingerprint density at radius 3 is 3.07 bits per heavy atom. The van der Waals surface area contributed by atoms with Crippen molar-refractivity contribution in [2.45, 2.75) is 25.1 Å². The Labute approximate surface area is 98.2 Å². The van der Waals surface area contributed by atoms with Crippen molar-refractivity contribution in [2.75, 3.05) is 11.9 Å². The van der Waals surface area contributed by atoms with Crippen LogP contribution in [0.5, 0.6) is 0 Å². The number of alkyl halides is 1. The van der Waals surface area contributed by atoms with E-state index in [1.165, 1.54) is 0 Å². The molecule has 0 saturated carbocycles. The van der Waals surface area contributed by atoms with Crippen molar-refractivity contribution >= 4 is 33.3 Å². The van der Waals surface area contributed by atoms with Gasteiger partial charge in [-0.3, -0.25) is 0 Å². The van der Waals surface area contributed by atoms with E-state index in [4.69, 9.17) is 11.6 Å². The second-order valence-electron chi connectivity index (χ2n) is 3.10. The SMILES string of the molecule is CCCC(Cl)CNc1ncccc1Br. The minimum Gasteiger partial charge on any atom is -0.368 e. The van der Waals surface area contributed by atoms with Gasteiger partial charge in [0.2, 0.25) is 0 Å². The number of pyridine rings is 1. The molecule has 0 aliphatic heterocycles. The molecule has 1 aromatic rings. The van der Waals surface area contributed by atoms with Crippen molar-refractivity contribution in [1.82, 2.24) is 4.98 Å². The lowest BCUT2D eigenvalue weighted by atomic mass is 10.2. The van der Waals surface area contributed by atoms with Crippen LogP contribution in [0.25, 0.3) is 0 Å². The number of anilines is 1. The van der Waals surface area contributed by atoms with Crippen LogP contribution in [-0.4, -0.2) is 16.9 Å². The van der Waals surface area contributed by atoms with E-state index in [9.17, 15) is 0 Å². The Morgan fingerprint density at radius 1 is 1.64 bits per heavy atom. The lowest BCUT2D eigenvalue weighted by molar-refractivity contribution is 0.750. The van der Waals surface area contributed by atoms with Gasteiger partial charge < -0.3 is 5.32 Å². The van der Waals surface area contributed by atoms with Crippen LogP contribution in [0, 0.1) is 0 Å². The van der Waals surface area contributed by atoms with Gasteiger partial charge in [-0.25, -0.2) is 4.98 Å². The van der Waals surface area contributed by atoms with Crippen LogP contribution >= 0.6 is 27.5 Å². The van der Waals surface area contributed by atoms with Crippen LogP contribution in [0.3, 0.4) is 0 Å². The molecule has 1 rings (SSSR count). The van der Waals surface area contributed by atoms with E-state index in [1.807, 2.05) is 12.1 Å². The summed E-state index contributed by atoms with van der Waals surface area (Å²) in [5, 5.41) is 3.38. The monoisotopic (exact) mass is 276 g/mol. The quantitative estimate of drug-likeness (QED) is 0.831. The highest BCUT2D eigenvalue weighted by atomic mass is 79.9. The first-order valence-electron chi connectivity index (χ1n) is 4.72. The molecule has 2 nitrogen and oxygen atoms in total. The summed E-state index contributed by atoms with van der Waals surface area (Å²) >= 11 is 9.49. The Hall–Kier alpha value is -0.280. The van der Waals surface area contributed by atoms with Gasteiger partial charge in [-0.15, -0.1) is 11.6 Å². The van der Waals surface area contributed by atoms with Gasteiger partial charge in [-0.1, -0.05) is 13.3 Å². The molecule has 0 bridgehead atoms. The van der Waals surface area contributed by atoms with Crippen LogP contribution in [0.4, 0.5) is 5.82 Å². The predicted octanol–water partition coefficient (Wildman–Crippen LogP) is 3.66. The normalized spacial score (nSPS) is 12.5. The molecule has 0 spiro atoms. The second kappa shape index (κ2) is 6.25. The average molecular weight is 278 g/mol. The van der Waals surface area contributed by atoms with Crippen LogP contribution in [0.1, 0.15) is 19.8 Å². The smallest absolute Gasteiger partial charge is 0.140 e. The summed E-state index contributed by atoms with van der Waals surface area (Å²) < 4.78 is 0.973. The van der Waals surface area contributed by atoms with Crippen molar-refractivity contribution in [2.24, 2.45) is 0 Å². The lowest BCUT2D eigenvalue weighted by Gasteiger charge is -2.10. The third-order valence-corrected chi connectivity index (χ3v) is 2.86. The molecular formula is C10H14BrClN2. The van der Waals surface area contributed by atoms with Crippen molar-refractivity contribution in [3.63, 3.8) is 0 Å². The zero-order valence-electron chi connectivity index (χ0n) is 8.13. The fraction of sp³-hybridized carbons (Fsp3) is 0.500. The molecule has 0 aliphatic carbocycles. The van der Waals surface area contributed by atoms with E-state index in [1.54, 1.807) is 6.20 Å². The highest BCUT2D eigenvalue weighted by Gasteiger charge is 2.04. The van der Waals surface area contributed by atoms with Gasteiger partial charge in [-0.2, -0.15) is 0 Å². The van der Waals surface area contributed by atoms with Crippen molar-refractivity contribution in [1.29, 1.82) is 0 Å². The first kappa shape index (κ1) is 11.8. The van der Waals surface area contributed by atoms with Crippen LogP contribution in [-0.2, 0) is 0 Å². The zero-order chi connectivity index (χ0) is 10.4. The fourth-order valence-corrected chi connectivity index (χ4v) is 1.83. The van der Waals surface area contributed by atoms with E-state index in [0.29, 0.717) is 0 Å². The number of rotatable bonds is 5. The van der Waals surface area contributed by atoms with E-state index >= 15 is 0 Å². The topological polar surface area (TPSA) is 24.9 Å². The van der Waals surface area contributed by atoms with Crippen molar-refractivity contribution < 1.29 is 0 Å². The minimum atomic E-state index is 0.175. The first-order chi connectivity index (χ1) is 6.74. The van der Waals surface area contributed by atoms with E-state index in [2.05, 4.69) is 33.2 Å². The Kier molecular flexibility index (Phi) is 5.26. The lowest BCUT2D eigenvalue weighted by Crippen LogP contribution is -2.14. The van der Waals surface area contributed by atoms with Gasteiger partial charge in [0.1, 0.15) is 5.82 Å². The van der Waals surface area contributed by atoms with Crippen LogP contribution in [0.15, 0.2) is 22.8 Å². The van der Waals surface area contributed by atoms with Crippen molar-refractivity contribution in [3.8, 4) is 0 Å². The molecule has 0 aromatic carbocycles. The molecule has 0 amide bonds. The molecule has 1 atom stereocenters. The van der Waals surface area contributed by atoms with Gasteiger partial charge >= 0.3 is 0 Å². The standard InChI is InChI=1S/C10H14BrClN2/c1-2-4-8(12)7-14-10-9(11)5-3-6-13-10/h3,5-6,8H,2,4,7H2,1H3,(H,13,14). The molecule has 4 heteroatoms. The Bertz CT molecular complexity index is 281. The summed E-state index contributed by atoms with van der Waals surface area (Å²) in [6, 6.07) is 3.85. The predicted molar refractivity (Wildman–Crippen MR) is 65.0 cm³/mol. The second-order valence-corrected chi connectivity index (χ2v) is 4.57. The van der Waals surface area contributed by atoms with E-state index in [0.717, 1.165) is 29.7 Å². The summed E-state index contributed by atoms with van der Waals surface area (Å²) in [6.45, 7) is 2.89. The number of nitrogens with one attached hydrogen (secondary N) is 1. The number of hydrogen-bond acceptors (Lipinski definition) is 2. The molecule has 1 heterocycles. The zero-order valence-corrected chi connectivity index (χ0v) is 10.5. The summed E-state index contributed by atoms with van der Waals surface area (Å²) in [5.74, 6) is 0.856.